The summed E-state index contributed by atoms with van der Waals surface area (Å²) in [5, 5.41) is 2.80. The first-order valence-corrected chi connectivity index (χ1v) is 11.4. The van der Waals surface area contributed by atoms with E-state index in [4.69, 9.17) is 23.2 Å². The fourth-order valence-corrected chi connectivity index (χ4v) is 4.45. The first-order chi connectivity index (χ1) is 14.2. The van der Waals surface area contributed by atoms with E-state index < -0.39 is 32.0 Å². The molecule has 0 radical (unpaired) electrons. The molecule has 3 rings (SSSR count). The van der Waals surface area contributed by atoms with Crippen LogP contribution in [0.15, 0.2) is 68.4 Å². The highest BCUT2D eigenvalue weighted by Gasteiger charge is 2.22. The van der Waals surface area contributed by atoms with Crippen molar-refractivity contribution in [3.05, 3.63) is 74.9 Å². The van der Waals surface area contributed by atoms with E-state index in [1.807, 2.05) is 0 Å². The average molecular weight is 488 g/mol. The summed E-state index contributed by atoms with van der Waals surface area (Å²) in [5.74, 6) is -1.20. The highest BCUT2D eigenvalue weighted by atomic mass is 35.5. The molecule has 0 unspecified atom stereocenters. The Morgan fingerprint density at radius 1 is 1.17 bits per heavy atom. The van der Waals surface area contributed by atoms with E-state index in [9.17, 15) is 22.4 Å². The number of rotatable bonds is 6. The molecule has 2 aromatic carbocycles. The fourth-order valence-electron chi connectivity index (χ4n) is 2.28. The molecule has 0 fully saturated rings. The molecular weight excluding hydrogens is 476 g/mol. The van der Waals surface area contributed by atoms with Crippen LogP contribution in [0, 0.1) is 5.82 Å². The van der Waals surface area contributed by atoms with Crippen LogP contribution in [0.1, 0.15) is 0 Å². The summed E-state index contributed by atoms with van der Waals surface area (Å²) in [7, 11) is -4.08. The van der Waals surface area contributed by atoms with Gasteiger partial charge in [-0.25, -0.2) is 17.8 Å². The van der Waals surface area contributed by atoms with Crippen molar-refractivity contribution in [3.63, 3.8) is 0 Å². The molecule has 7 nitrogen and oxygen atoms in total. The number of sulfone groups is 1. The minimum absolute atomic E-state index is 0.0577. The Balaban J connectivity index is 1.69. The van der Waals surface area contributed by atoms with E-state index in [2.05, 4.69) is 15.3 Å². The van der Waals surface area contributed by atoms with Gasteiger partial charge in [-0.15, -0.1) is 0 Å². The molecule has 2 N–H and O–H groups in total. The number of hydrogen-bond acceptors (Lipinski definition) is 6. The number of carbonyl (C=O) groups is 1. The van der Waals surface area contributed by atoms with Gasteiger partial charge in [0, 0.05) is 10.7 Å². The van der Waals surface area contributed by atoms with Crippen LogP contribution in [0.5, 0.6) is 0 Å². The number of nitrogens with one attached hydrogen (secondary N) is 2. The summed E-state index contributed by atoms with van der Waals surface area (Å²) >= 11 is 12.3. The molecule has 30 heavy (non-hydrogen) atoms. The zero-order chi connectivity index (χ0) is 21.9. The van der Waals surface area contributed by atoms with E-state index in [0.717, 1.165) is 24.0 Å². The number of aromatic nitrogens is 2. The molecule has 1 aromatic heterocycles. The number of amides is 1. The standard InChI is InChI=1S/C18H12Cl2FN3O4S2/c19-10-1-4-12(5-2-10)30(27,28)15-8-22-18(24-17(15)26)29-9-16(25)23-11-3-6-14(21)13(20)7-11/h1-8H,9H2,(H,23,25)(H,22,24,26). The molecule has 0 spiro atoms. The summed E-state index contributed by atoms with van der Waals surface area (Å²) in [6.45, 7) is 0. The molecule has 1 heterocycles. The van der Waals surface area contributed by atoms with Crippen LogP contribution in [-0.4, -0.2) is 30.0 Å². The van der Waals surface area contributed by atoms with E-state index in [1.54, 1.807) is 0 Å². The number of halogens is 3. The maximum absolute atomic E-state index is 13.1. The number of nitrogens with zero attached hydrogens (tertiary/aromatic N) is 1. The van der Waals surface area contributed by atoms with Crippen LogP contribution in [0.4, 0.5) is 10.1 Å². The summed E-state index contributed by atoms with van der Waals surface area (Å²) in [5.41, 5.74) is -0.564. The van der Waals surface area contributed by atoms with Crippen molar-refractivity contribution in [2.24, 2.45) is 0 Å². The first kappa shape index (κ1) is 22.3. The van der Waals surface area contributed by atoms with Crippen LogP contribution in [-0.2, 0) is 14.6 Å². The van der Waals surface area contributed by atoms with E-state index in [-0.39, 0.29) is 20.8 Å². The molecule has 0 saturated heterocycles. The van der Waals surface area contributed by atoms with Gasteiger partial charge in [-0.1, -0.05) is 35.0 Å². The zero-order valence-electron chi connectivity index (χ0n) is 14.9. The molecule has 0 aliphatic carbocycles. The highest BCUT2D eigenvalue weighted by Crippen LogP contribution is 2.22. The third kappa shape index (κ3) is 5.20. The summed E-state index contributed by atoms with van der Waals surface area (Å²) in [4.78, 5) is 29.9. The van der Waals surface area contributed by atoms with Crippen molar-refractivity contribution >= 4 is 56.4 Å². The second-order valence-corrected chi connectivity index (χ2v) is 9.53. The third-order valence-corrected chi connectivity index (χ3v) is 6.89. The number of benzene rings is 2. The van der Waals surface area contributed by atoms with Crippen molar-refractivity contribution in [1.82, 2.24) is 9.97 Å². The SMILES string of the molecule is O=C(CSc1ncc(S(=O)(=O)c2ccc(Cl)cc2)c(=O)[nH]1)Nc1ccc(F)c(Cl)c1. The monoisotopic (exact) mass is 487 g/mol. The summed E-state index contributed by atoms with van der Waals surface area (Å²) < 4.78 is 38.3. The number of carbonyl (C=O) groups excluding carboxylic acids is 1. The molecule has 3 aromatic rings. The smallest absolute Gasteiger partial charge is 0.270 e. The van der Waals surface area contributed by atoms with E-state index >= 15 is 0 Å². The summed E-state index contributed by atoms with van der Waals surface area (Å²) in [6.07, 6.45) is 0.933. The molecule has 0 aliphatic rings. The normalized spacial score (nSPS) is 11.3. The third-order valence-electron chi connectivity index (χ3n) is 3.70. The van der Waals surface area contributed by atoms with Gasteiger partial charge in [-0.3, -0.25) is 9.59 Å². The lowest BCUT2D eigenvalue weighted by atomic mass is 10.3. The lowest BCUT2D eigenvalue weighted by molar-refractivity contribution is -0.113. The molecular formula is C18H12Cl2FN3O4S2. The quantitative estimate of drug-likeness (QED) is 0.404. The van der Waals surface area contributed by atoms with Gasteiger partial charge in [0.05, 0.1) is 21.9 Å². The second-order valence-electron chi connectivity index (χ2n) is 5.80. The topological polar surface area (TPSA) is 109 Å². The summed E-state index contributed by atoms with van der Waals surface area (Å²) in [6, 6.07) is 9.08. The minimum Gasteiger partial charge on any atom is -0.325 e. The Bertz CT molecular complexity index is 1270. The number of thioether (sulfide) groups is 1. The van der Waals surface area contributed by atoms with Gasteiger partial charge in [0.25, 0.3) is 5.56 Å². The Kier molecular flexibility index (Phi) is 6.81. The molecule has 0 aliphatic heterocycles. The van der Waals surface area contributed by atoms with Crippen molar-refractivity contribution in [2.45, 2.75) is 14.9 Å². The molecule has 0 saturated carbocycles. The van der Waals surface area contributed by atoms with Gasteiger partial charge < -0.3 is 10.3 Å². The van der Waals surface area contributed by atoms with Gasteiger partial charge in [0.2, 0.25) is 15.7 Å². The van der Waals surface area contributed by atoms with Crippen molar-refractivity contribution in [2.75, 3.05) is 11.1 Å². The van der Waals surface area contributed by atoms with Crippen molar-refractivity contribution < 1.29 is 17.6 Å². The van der Waals surface area contributed by atoms with Gasteiger partial charge >= 0.3 is 0 Å². The lowest BCUT2D eigenvalue weighted by Gasteiger charge is -2.07. The van der Waals surface area contributed by atoms with Crippen LogP contribution in [0.25, 0.3) is 0 Å². The molecule has 156 valence electrons. The molecule has 0 bridgehead atoms. The van der Waals surface area contributed by atoms with Crippen LogP contribution in [0.2, 0.25) is 10.0 Å². The zero-order valence-corrected chi connectivity index (χ0v) is 18.0. The van der Waals surface area contributed by atoms with Gasteiger partial charge in [-0.2, -0.15) is 0 Å². The maximum Gasteiger partial charge on any atom is 0.270 e. The lowest BCUT2D eigenvalue weighted by Crippen LogP contribution is -2.20. The molecule has 0 atom stereocenters. The minimum atomic E-state index is -4.08. The number of H-pyrrole nitrogens is 1. The average Bonchev–Trinajstić information content (AvgIpc) is 2.69. The Morgan fingerprint density at radius 3 is 2.50 bits per heavy atom. The highest BCUT2D eigenvalue weighted by molar-refractivity contribution is 7.99. The van der Waals surface area contributed by atoms with Gasteiger partial charge in [0.1, 0.15) is 5.82 Å². The van der Waals surface area contributed by atoms with Crippen molar-refractivity contribution in [1.29, 1.82) is 0 Å². The maximum atomic E-state index is 13.1. The van der Waals surface area contributed by atoms with Crippen molar-refractivity contribution in [3.8, 4) is 0 Å². The second kappa shape index (κ2) is 9.17. The first-order valence-electron chi connectivity index (χ1n) is 8.14. The predicted octanol–water partition coefficient (Wildman–Crippen LogP) is 3.78. The van der Waals surface area contributed by atoms with Gasteiger partial charge in [0.15, 0.2) is 10.1 Å². The fraction of sp³-hybridized carbons (Fsp3) is 0.0556. The molecule has 12 heteroatoms. The van der Waals surface area contributed by atoms with Crippen LogP contribution >= 0.6 is 35.0 Å². The number of hydrogen-bond donors (Lipinski definition) is 2. The van der Waals surface area contributed by atoms with E-state index in [1.165, 1.54) is 36.4 Å². The predicted molar refractivity (Wildman–Crippen MR) is 113 cm³/mol. The Labute approximate surface area is 184 Å². The Morgan fingerprint density at radius 2 is 1.87 bits per heavy atom. The molecule has 1 amide bonds. The Hall–Kier alpha value is -2.40. The number of aromatic amines is 1. The van der Waals surface area contributed by atoms with Crippen LogP contribution in [0.3, 0.4) is 0 Å². The van der Waals surface area contributed by atoms with E-state index in [0.29, 0.717) is 10.7 Å². The van der Waals surface area contributed by atoms with Gasteiger partial charge in [-0.05, 0) is 42.5 Å². The van der Waals surface area contributed by atoms with Crippen LogP contribution < -0.4 is 10.9 Å². The largest absolute Gasteiger partial charge is 0.325 e. The number of anilines is 1.